The Kier molecular flexibility index (Phi) is 39.3. The minimum atomic E-state index is -1.83. The first-order valence-corrected chi connectivity index (χ1v) is 42.6. The van der Waals surface area contributed by atoms with E-state index in [1.165, 1.54) is 64.3 Å². The van der Waals surface area contributed by atoms with Crippen LogP contribution in [0, 0.1) is 17.2 Å². The number of aliphatic carboxylic acids is 1. The zero-order valence-corrected chi connectivity index (χ0v) is 73.4. The number of likely N-dealkylation sites (tertiary alicyclic amines) is 1. The van der Waals surface area contributed by atoms with E-state index in [9.17, 15) is 63.3 Å². The highest BCUT2D eigenvalue weighted by molar-refractivity contribution is 7.80. The number of carbonyl (C=O) groups excluding carboxylic acids is 15. The molecule has 1 fully saturated rings. The van der Waals surface area contributed by atoms with Crippen LogP contribution in [0.4, 0.5) is 0 Å². The molecule has 37 nitrogen and oxygen atoms in total. The number of aromatic nitrogens is 1. The van der Waals surface area contributed by atoms with Crippen LogP contribution in [0.1, 0.15) is 107 Å². The van der Waals surface area contributed by atoms with Gasteiger partial charge < -0.3 is 104 Å². The maximum atomic E-state index is 15.3. The minimum Gasteiger partial charge on any atom is -0.508 e. The molecule has 0 spiro atoms. The number of Topliss-reactive ketones (excluding diaryl/α,β-unsaturated/α-hetero) is 1. The smallest absolute Gasteiger partial charge is 0.303 e. The second kappa shape index (κ2) is 49.4. The summed E-state index contributed by atoms with van der Waals surface area (Å²) in [4.78, 5) is 235. The van der Waals surface area contributed by atoms with E-state index in [4.69, 9.17) is 16.9 Å². The van der Waals surface area contributed by atoms with Crippen LogP contribution in [-0.2, 0) is 109 Å². The monoisotopic (exact) mass is 1770 g/mol. The molecule has 0 saturated carbocycles. The van der Waals surface area contributed by atoms with Crippen LogP contribution in [0.25, 0.3) is 10.9 Å². The predicted molar refractivity (Wildman–Crippen MR) is 473 cm³/mol. The lowest BCUT2D eigenvalue weighted by Gasteiger charge is -2.36. The van der Waals surface area contributed by atoms with Gasteiger partial charge in [-0.05, 0) is 97.4 Å². The Bertz CT molecular complexity index is 4830. The molecule has 1 aliphatic heterocycles. The third kappa shape index (κ3) is 30.8. The molecule has 7 rings (SSSR count). The summed E-state index contributed by atoms with van der Waals surface area (Å²) in [6, 6.07) is 24.0. The molecule has 5 aromatic carbocycles. The molecule has 1 saturated heterocycles. The van der Waals surface area contributed by atoms with Gasteiger partial charge in [-0.2, -0.15) is 12.6 Å². The molecule has 0 radical (unpaired) electrons. The number of nitrogens with two attached hydrogens (primary N) is 2. The van der Waals surface area contributed by atoms with E-state index in [-0.39, 0.29) is 94.6 Å². The number of aliphatic hydroxyl groups is 1. The van der Waals surface area contributed by atoms with Crippen LogP contribution in [-0.4, -0.2) is 278 Å². The number of guanidine groups is 1. The Morgan fingerprint density at radius 1 is 0.551 bits per heavy atom. The van der Waals surface area contributed by atoms with Gasteiger partial charge in [0.15, 0.2) is 5.96 Å². The van der Waals surface area contributed by atoms with Gasteiger partial charge in [-0.1, -0.05) is 142 Å². The Morgan fingerprint density at radius 2 is 1.09 bits per heavy atom. The first kappa shape index (κ1) is 101. The fourth-order valence-electron chi connectivity index (χ4n) is 14.7. The highest BCUT2D eigenvalue weighted by atomic mass is 32.1. The number of carbonyl (C=O) groups is 16. The summed E-state index contributed by atoms with van der Waals surface area (Å²) in [5, 5.41) is 63.7. The maximum Gasteiger partial charge on any atom is 0.303 e. The Balaban J connectivity index is 1.12. The number of aliphatic hydroxyl groups excluding tert-OH is 1. The summed E-state index contributed by atoms with van der Waals surface area (Å²) in [6.07, 6.45) is -1.54. The van der Waals surface area contributed by atoms with Gasteiger partial charge in [0, 0.05) is 115 Å². The Hall–Kier alpha value is -13.3. The molecule has 0 aliphatic carbocycles. The molecular weight excluding hydrogens is 1660 g/mol. The van der Waals surface area contributed by atoms with Crippen molar-refractivity contribution in [2.45, 2.75) is 178 Å². The van der Waals surface area contributed by atoms with Crippen LogP contribution in [0.5, 0.6) is 5.75 Å². The number of carboxylic acids is 1. The average Bonchev–Trinajstić information content (AvgIpc) is 1.77. The van der Waals surface area contributed by atoms with Crippen molar-refractivity contribution >= 4 is 124 Å². The number of hydrogen-bond donors (Lipinski definition) is 17. The summed E-state index contributed by atoms with van der Waals surface area (Å²) in [5.74, 6) is -15.7. The van der Waals surface area contributed by atoms with Gasteiger partial charge in [0.2, 0.25) is 82.7 Å². The van der Waals surface area contributed by atoms with Crippen LogP contribution >= 0.6 is 12.6 Å². The summed E-state index contributed by atoms with van der Waals surface area (Å²) in [6.45, 7) is 4.11. The van der Waals surface area contributed by atoms with E-state index < -0.39 is 205 Å². The van der Waals surface area contributed by atoms with Gasteiger partial charge >= 0.3 is 5.97 Å². The van der Waals surface area contributed by atoms with E-state index >= 15 is 28.8 Å². The van der Waals surface area contributed by atoms with Crippen molar-refractivity contribution in [3.8, 4) is 5.75 Å². The van der Waals surface area contributed by atoms with Gasteiger partial charge in [0.05, 0.1) is 25.7 Å². The second-order valence-electron chi connectivity index (χ2n) is 32.0. The standard InChI is InChI=1S/C89H118N18O19S/c1-9-60(109)45-58(41-54-23-13-10-14-24-54)78(116)101-76(52(2)3)83(121)98-65(37-38-75(114)115)84(122)103(5)49-74(113)97-67(42-57-33-35-61(110)36-34-57)85(123)105(7)70(43-55-25-15-11-16-26-55)86(124)104(6)50-73(112)96-64(31-21-39-93-89(91)92)80(118)99-66(46-59-47-94-63-30-20-19-29-62(59)63)81(119)102-77(53(4)108)88(126)106(8)71(44-56-27-17-12-18-28-56)87(125)107-40-22-32-69(107)82(120)100-68(51-127)79(117)95-48-72(90)111/h10-20,23-30,33-36,47,52-53,58,64-71,76-77,94,108,110,127H,9,21-22,31-32,37-46,48-51H2,1-8H3,(H2,90,111)(H,95,117)(H,96,112)(H,97,113)(H,98,121)(H,99,118)(H,100,120)(H,101,116)(H,102,119)(H,114,115)(H4,91,92,93)/t53-,58-,64+,65+,66+,67+,68+,69+,70+,71+,76+,77+/m1/s1. The van der Waals surface area contributed by atoms with E-state index in [1.54, 1.807) is 142 Å². The van der Waals surface area contributed by atoms with Crippen LogP contribution in [0.15, 0.2) is 146 Å². The highest BCUT2D eigenvalue weighted by Gasteiger charge is 2.44. The Morgan fingerprint density at radius 3 is 1.65 bits per heavy atom. The number of phenolic OH excluding ortho intramolecular Hbond substituents is 1. The molecule has 38 heteroatoms. The number of benzene rings is 5. The number of amides is 14. The average molecular weight is 1780 g/mol. The fourth-order valence-corrected chi connectivity index (χ4v) is 15.0. The number of nitrogens with zero attached hydrogens (tertiary/aromatic N) is 5. The third-order valence-corrected chi connectivity index (χ3v) is 22.2. The SMILES string of the molecule is CCC(=O)C[C@@H](Cc1ccccc1)C(=O)N[C@H](C(=O)N[C@@H](CCC(=O)O)C(=O)N(C)CC(=O)N[C@@H](Cc1ccc(O)cc1)C(=O)N(C)[C@@H](Cc1ccccc1)C(=O)N(C)CC(=O)N[C@@H](CCCNC(=N)N)C(=O)N[C@@H](Cc1c[nH]c2ccccc12)C(=O)N[C@H](C(=O)N(C)[C@@H](Cc1ccccc1)C(=O)N1CCC[C@H]1C(=O)N[C@@H](CS)C(=O)NCC(N)=O)[C@@H](C)O)C(C)C. The number of nitrogens with one attached hydrogen (secondary N) is 11. The van der Waals surface area contributed by atoms with Crippen molar-refractivity contribution in [1.29, 1.82) is 5.41 Å². The lowest BCUT2D eigenvalue weighted by Crippen LogP contribution is -2.62. The topological polar surface area (TPSA) is 550 Å². The molecule has 6 aromatic rings. The van der Waals surface area contributed by atoms with E-state index in [0.29, 0.717) is 39.6 Å². The number of phenols is 1. The summed E-state index contributed by atoms with van der Waals surface area (Å²) >= 11 is 4.21. The van der Waals surface area contributed by atoms with Gasteiger partial charge in [-0.25, -0.2) is 0 Å². The lowest BCUT2D eigenvalue weighted by atomic mass is 9.91. The molecule has 684 valence electrons. The third-order valence-electron chi connectivity index (χ3n) is 21.8. The quantitative estimate of drug-likeness (QED) is 0.0104. The number of aromatic amines is 1. The summed E-state index contributed by atoms with van der Waals surface area (Å²) in [5.41, 5.74) is 14.2. The number of aromatic hydroxyl groups is 1. The maximum absolute atomic E-state index is 15.3. The zero-order valence-electron chi connectivity index (χ0n) is 72.5. The molecule has 127 heavy (non-hydrogen) atoms. The van der Waals surface area contributed by atoms with Crippen molar-refractivity contribution < 1.29 is 92.0 Å². The number of H-pyrrole nitrogens is 1. The predicted octanol–water partition coefficient (Wildman–Crippen LogP) is 0.0238. The van der Waals surface area contributed by atoms with E-state index in [1.807, 2.05) is 0 Å². The molecule has 12 atom stereocenters. The van der Waals surface area contributed by atoms with Gasteiger partial charge in [-0.15, -0.1) is 0 Å². The van der Waals surface area contributed by atoms with E-state index in [0.717, 1.165) is 25.2 Å². The minimum absolute atomic E-state index is 0.00314. The van der Waals surface area contributed by atoms with Crippen LogP contribution in [0.3, 0.4) is 0 Å². The number of rotatable bonds is 49. The van der Waals surface area contributed by atoms with E-state index in [2.05, 4.69) is 65.5 Å². The first-order valence-electron chi connectivity index (χ1n) is 41.9. The largest absolute Gasteiger partial charge is 0.508 e. The van der Waals surface area contributed by atoms with Crippen molar-refractivity contribution in [2.24, 2.45) is 23.3 Å². The Labute approximate surface area is 742 Å². The number of likely N-dealkylation sites (N-methyl/N-ethyl adjacent to an activating group) is 4. The van der Waals surface area contributed by atoms with Crippen molar-refractivity contribution in [3.63, 3.8) is 0 Å². The number of para-hydroxylation sites is 1. The van der Waals surface area contributed by atoms with Crippen molar-refractivity contribution in [3.05, 3.63) is 174 Å². The van der Waals surface area contributed by atoms with Crippen molar-refractivity contribution in [2.75, 3.05) is 66.7 Å². The number of primary amides is 1. The summed E-state index contributed by atoms with van der Waals surface area (Å²) in [7, 11) is 5.05. The molecule has 0 unspecified atom stereocenters. The molecular formula is C89H118N18O19S. The van der Waals surface area contributed by atoms with Gasteiger partial charge in [0.25, 0.3) is 0 Å². The number of carboxylic acid groups (broad SMARTS) is 1. The zero-order chi connectivity index (χ0) is 93.3. The number of hydrogen-bond acceptors (Lipinski definition) is 20. The molecule has 1 aromatic heterocycles. The molecule has 14 amide bonds. The van der Waals surface area contributed by atoms with Crippen LogP contribution in [0.2, 0.25) is 0 Å². The van der Waals surface area contributed by atoms with Crippen molar-refractivity contribution in [1.82, 2.24) is 77.3 Å². The normalized spacial score (nSPS) is 14.9. The van der Waals surface area contributed by atoms with Gasteiger partial charge in [-0.3, -0.25) is 82.1 Å². The summed E-state index contributed by atoms with van der Waals surface area (Å²) < 4.78 is 0. The lowest BCUT2D eigenvalue weighted by molar-refractivity contribution is -0.150. The number of fused-ring (bicyclic) bond motifs is 1. The number of ketones is 1. The fraction of sp³-hybridized carbons (Fsp3) is 0.449. The number of thiol groups is 1. The van der Waals surface area contributed by atoms with Gasteiger partial charge in [0.1, 0.15) is 72.0 Å². The molecule has 18 N–H and O–H groups in total. The van der Waals surface area contributed by atoms with Crippen LogP contribution < -0.4 is 59.3 Å². The molecule has 0 bridgehead atoms. The highest BCUT2D eigenvalue weighted by Crippen LogP contribution is 2.26. The first-order chi connectivity index (χ1) is 60.4. The molecule has 2 heterocycles. The second-order valence-corrected chi connectivity index (χ2v) is 32.3. The molecule has 1 aliphatic rings.